The Morgan fingerprint density at radius 3 is 2.44 bits per heavy atom. The molecular weight excluding hydrogens is 358 g/mol. The van der Waals surface area contributed by atoms with E-state index in [1.165, 1.54) is 0 Å². The van der Waals surface area contributed by atoms with E-state index in [2.05, 4.69) is 15.9 Å². The summed E-state index contributed by atoms with van der Waals surface area (Å²) >= 11 is 3.42. The summed E-state index contributed by atoms with van der Waals surface area (Å²) in [5.74, 6) is 0.113. The molecule has 0 radical (unpaired) electrons. The Morgan fingerprint density at radius 2 is 1.83 bits per heavy atom. The van der Waals surface area contributed by atoms with Crippen LogP contribution in [0.2, 0.25) is 0 Å². The van der Waals surface area contributed by atoms with Gasteiger partial charge in [-0.2, -0.15) is 4.57 Å². The first kappa shape index (κ1) is 15.1. The lowest BCUT2D eigenvalue weighted by Crippen LogP contribution is -3.00. The first-order valence-electron chi connectivity index (χ1n) is 5.40. The highest BCUT2D eigenvalue weighted by atomic mass is 79.9. The van der Waals surface area contributed by atoms with Gasteiger partial charge < -0.3 is 17.0 Å². The number of carbonyl (C=O) groups excluding carboxylic acids is 1. The second kappa shape index (κ2) is 6.81. The second-order valence-electron chi connectivity index (χ2n) is 3.94. The van der Waals surface area contributed by atoms with Gasteiger partial charge in [-0.15, -0.1) is 0 Å². The summed E-state index contributed by atoms with van der Waals surface area (Å²) in [5.41, 5.74) is 1.91. The molecule has 1 heterocycles. The van der Waals surface area contributed by atoms with Crippen LogP contribution in [-0.2, 0) is 6.54 Å². The summed E-state index contributed by atoms with van der Waals surface area (Å²) in [6.45, 7) is 2.36. The first-order chi connectivity index (χ1) is 8.16. The molecule has 0 aliphatic rings. The van der Waals surface area contributed by atoms with Gasteiger partial charge in [-0.25, -0.2) is 0 Å². The number of rotatable bonds is 3. The number of pyridine rings is 1. The van der Waals surface area contributed by atoms with E-state index in [9.17, 15) is 4.79 Å². The van der Waals surface area contributed by atoms with Crippen molar-refractivity contribution >= 4 is 21.7 Å². The number of halogens is 2. The fraction of sp³-hybridized carbons (Fsp3) is 0.143. The molecule has 0 amide bonds. The SMILES string of the molecule is Cc1ccc(C(=O)C[n+]2ccccc2Br)cc1.[Br-]. The van der Waals surface area contributed by atoms with Crippen LogP contribution in [0.1, 0.15) is 15.9 Å². The molecule has 0 saturated carbocycles. The van der Waals surface area contributed by atoms with Gasteiger partial charge in [0.1, 0.15) is 0 Å². The number of Topliss-reactive ketones (excluding diaryl/α,β-unsaturated/α-hetero) is 1. The molecule has 0 aliphatic carbocycles. The van der Waals surface area contributed by atoms with Crippen molar-refractivity contribution in [2.24, 2.45) is 0 Å². The van der Waals surface area contributed by atoms with Crippen LogP contribution in [-0.4, -0.2) is 5.78 Å². The number of hydrogen-bond acceptors (Lipinski definition) is 1. The summed E-state index contributed by atoms with van der Waals surface area (Å²) in [4.78, 5) is 12.0. The molecule has 1 aromatic heterocycles. The molecule has 0 saturated heterocycles. The fourth-order valence-electron chi connectivity index (χ4n) is 1.57. The van der Waals surface area contributed by atoms with Gasteiger partial charge in [0.25, 0.3) is 0 Å². The van der Waals surface area contributed by atoms with Crippen LogP contribution in [0.25, 0.3) is 0 Å². The Labute approximate surface area is 126 Å². The maximum atomic E-state index is 12.0. The van der Waals surface area contributed by atoms with Crippen molar-refractivity contribution in [2.75, 3.05) is 0 Å². The molecule has 0 N–H and O–H groups in total. The molecule has 2 aromatic rings. The van der Waals surface area contributed by atoms with Crippen LogP contribution in [0.3, 0.4) is 0 Å². The second-order valence-corrected chi connectivity index (χ2v) is 4.75. The molecule has 0 unspecified atom stereocenters. The predicted octanol–water partition coefficient (Wildman–Crippen LogP) is -0.0681. The minimum absolute atomic E-state index is 0. The lowest BCUT2D eigenvalue weighted by molar-refractivity contribution is -0.694. The maximum absolute atomic E-state index is 12.0. The van der Waals surface area contributed by atoms with Crippen LogP contribution in [0.4, 0.5) is 0 Å². The predicted molar refractivity (Wildman–Crippen MR) is 69.8 cm³/mol. The highest BCUT2D eigenvalue weighted by molar-refractivity contribution is 9.10. The molecule has 0 bridgehead atoms. The summed E-state index contributed by atoms with van der Waals surface area (Å²) in [7, 11) is 0. The molecule has 2 nitrogen and oxygen atoms in total. The number of aryl methyl sites for hydroxylation is 1. The van der Waals surface area contributed by atoms with E-state index in [0.29, 0.717) is 6.54 Å². The van der Waals surface area contributed by atoms with Crippen molar-refractivity contribution in [2.45, 2.75) is 13.5 Å². The topological polar surface area (TPSA) is 20.9 Å². The van der Waals surface area contributed by atoms with E-state index >= 15 is 0 Å². The van der Waals surface area contributed by atoms with Crippen molar-refractivity contribution in [3.05, 3.63) is 64.4 Å². The number of aromatic nitrogens is 1. The summed E-state index contributed by atoms with van der Waals surface area (Å²) in [5, 5.41) is 0. The van der Waals surface area contributed by atoms with E-state index in [0.717, 1.165) is 15.7 Å². The number of benzene rings is 1. The van der Waals surface area contributed by atoms with Gasteiger partial charge in [0.05, 0.1) is 0 Å². The highest BCUT2D eigenvalue weighted by Gasteiger charge is 2.14. The molecule has 0 spiro atoms. The molecule has 2 rings (SSSR count). The van der Waals surface area contributed by atoms with Gasteiger partial charge >= 0.3 is 0 Å². The van der Waals surface area contributed by atoms with Crippen LogP contribution >= 0.6 is 15.9 Å². The Hall–Kier alpha value is -1.000. The average Bonchev–Trinajstić information content (AvgIpc) is 2.33. The van der Waals surface area contributed by atoms with Crippen LogP contribution < -0.4 is 21.5 Å². The third kappa shape index (κ3) is 3.75. The van der Waals surface area contributed by atoms with E-state index in [1.807, 2.05) is 60.2 Å². The molecule has 0 atom stereocenters. The molecule has 18 heavy (non-hydrogen) atoms. The van der Waals surface area contributed by atoms with E-state index in [1.54, 1.807) is 0 Å². The largest absolute Gasteiger partial charge is 1.00 e. The Kier molecular flexibility index (Phi) is 5.69. The van der Waals surface area contributed by atoms with Gasteiger partial charge in [-0.05, 0) is 13.0 Å². The molecule has 0 aliphatic heterocycles. The standard InChI is InChI=1S/C14H13BrNO.BrH/c1-11-5-7-12(8-6-11)13(17)10-16-9-3-2-4-14(16)15;/h2-9H,10H2,1H3;1H/q+1;/p-1. The van der Waals surface area contributed by atoms with Crippen LogP contribution in [0, 0.1) is 6.92 Å². The van der Waals surface area contributed by atoms with Crippen LogP contribution in [0.5, 0.6) is 0 Å². The average molecular weight is 371 g/mol. The van der Waals surface area contributed by atoms with Crippen LogP contribution in [0.15, 0.2) is 53.3 Å². The van der Waals surface area contributed by atoms with Gasteiger partial charge in [-0.3, -0.25) is 4.79 Å². The molecular formula is C14H13Br2NO. The Bertz CT molecular complexity index is 538. The third-order valence-electron chi connectivity index (χ3n) is 2.57. The van der Waals surface area contributed by atoms with E-state index in [4.69, 9.17) is 0 Å². The third-order valence-corrected chi connectivity index (χ3v) is 3.29. The van der Waals surface area contributed by atoms with Gasteiger partial charge in [0.15, 0.2) is 6.20 Å². The summed E-state index contributed by atoms with van der Waals surface area (Å²) < 4.78 is 2.78. The number of ketones is 1. The fourth-order valence-corrected chi connectivity index (χ4v) is 1.97. The van der Waals surface area contributed by atoms with Gasteiger partial charge in [0.2, 0.25) is 16.9 Å². The highest BCUT2D eigenvalue weighted by Crippen LogP contribution is 2.06. The Balaban J connectivity index is 0.00000162. The lowest BCUT2D eigenvalue weighted by atomic mass is 10.1. The zero-order chi connectivity index (χ0) is 12.3. The Morgan fingerprint density at radius 1 is 1.17 bits per heavy atom. The monoisotopic (exact) mass is 369 g/mol. The number of nitrogens with zero attached hydrogens (tertiary/aromatic N) is 1. The van der Waals surface area contributed by atoms with Crippen molar-refractivity contribution in [1.29, 1.82) is 0 Å². The van der Waals surface area contributed by atoms with Gasteiger partial charge in [0, 0.05) is 33.6 Å². The van der Waals surface area contributed by atoms with Crippen molar-refractivity contribution < 1.29 is 26.3 Å². The zero-order valence-corrected chi connectivity index (χ0v) is 13.1. The summed E-state index contributed by atoms with van der Waals surface area (Å²) in [6, 6.07) is 13.4. The van der Waals surface area contributed by atoms with Gasteiger partial charge in [-0.1, -0.05) is 29.8 Å². The first-order valence-corrected chi connectivity index (χ1v) is 6.20. The van der Waals surface area contributed by atoms with Crippen molar-refractivity contribution in [3.8, 4) is 0 Å². The molecule has 1 aromatic carbocycles. The van der Waals surface area contributed by atoms with Crippen molar-refractivity contribution in [3.63, 3.8) is 0 Å². The maximum Gasteiger partial charge on any atom is 0.248 e. The summed E-state index contributed by atoms with van der Waals surface area (Å²) in [6.07, 6.45) is 1.89. The smallest absolute Gasteiger partial charge is 0.248 e. The normalized spacial score (nSPS) is 9.67. The number of carbonyl (C=O) groups is 1. The zero-order valence-electron chi connectivity index (χ0n) is 9.94. The molecule has 4 heteroatoms. The quantitative estimate of drug-likeness (QED) is 0.421. The molecule has 0 fully saturated rings. The minimum Gasteiger partial charge on any atom is -1.00 e. The van der Waals surface area contributed by atoms with E-state index < -0.39 is 0 Å². The van der Waals surface area contributed by atoms with Crippen molar-refractivity contribution in [1.82, 2.24) is 0 Å². The number of hydrogen-bond donors (Lipinski definition) is 0. The lowest BCUT2D eigenvalue weighted by Gasteiger charge is -2.00. The molecule has 94 valence electrons. The minimum atomic E-state index is 0. The van der Waals surface area contributed by atoms with E-state index in [-0.39, 0.29) is 22.8 Å².